The fraction of sp³-hybridized carbons (Fsp3) is 0.500. The maximum absolute atomic E-state index is 12.1. The van der Waals surface area contributed by atoms with Gasteiger partial charge in [-0.1, -0.05) is 32.0 Å². The molecule has 0 spiro atoms. The summed E-state index contributed by atoms with van der Waals surface area (Å²) in [5.41, 5.74) is 5.55. The van der Waals surface area contributed by atoms with Crippen LogP contribution in [0.15, 0.2) is 24.3 Å². The van der Waals surface area contributed by atoms with E-state index in [4.69, 9.17) is 5.73 Å². The van der Waals surface area contributed by atoms with Gasteiger partial charge in [-0.05, 0) is 12.8 Å². The van der Waals surface area contributed by atoms with Crippen molar-refractivity contribution in [2.45, 2.75) is 32.7 Å². The largest absolute Gasteiger partial charge is 0.349 e. The van der Waals surface area contributed by atoms with Gasteiger partial charge in [0, 0.05) is 18.2 Å². The van der Waals surface area contributed by atoms with E-state index in [1.165, 1.54) is 6.07 Å². The highest BCUT2D eigenvalue weighted by atomic mass is 35.5. The highest BCUT2D eigenvalue weighted by Crippen LogP contribution is 2.19. The van der Waals surface area contributed by atoms with E-state index in [9.17, 15) is 14.9 Å². The Hall–Kier alpha value is -1.66. The molecule has 0 aliphatic heterocycles. The monoisotopic (exact) mass is 315 g/mol. The number of amides is 1. The molecule has 0 aliphatic rings. The standard InChI is InChI=1S/C14H21N3O3.ClH/c1-10(2)14(3,9-15)16-13(18)8-11-6-4-5-7-12(11)17(19)20;/h4-7,10H,8-9,15H2,1-3H3,(H,16,18);1H. The molecular formula is C14H22ClN3O3. The van der Waals surface area contributed by atoms with E-state index < -0.39 is 10.5 Å². The molecule has 0 fully saturated rings. The SMILES string of the molecule is CC(C)C(C)(CN)NC(=O)Cc1ccccc1[N+](=O)[O-].Cl. The van der Waals surface area contributed by atoms with Gasteiger partial charge >= 0.3 is 0 Å². The van der Waals surface area contributed by atoms with Crippen LogP contribution in [0.1, 0.15) is 26.3 Å². The number of nitro benzene ring substituents is 1. The number of nitro groups is 1. The zero-order chi connectivity index (χ0) is 15.3. The Kier molecular flexibility index (Phi) is 7.32. The van der Waals surface area contributed by atoms with Crippen LogP contribution in [0.3, 0.4) is 0 Å². The average Bonchev–Trinajstić information content (AvgIpc) is 2.38. The van der Waals surface area contributed by atoms with Crippen LogP contribution < -0.4 is 11.1 Å². The van der Waals surface area contributed by atoms with Gasteiger partial charge in [-0.15, -0.1) is 12.4 Å². The minimum absolute atomic E-state index is 0. The summed E-state index contributed by atoms with van der Waals surface area (Å²) in [6.45, 7) is 6.12. The van der Waals surface area contributed by atoms with Gasteiger partial charge in [-0.3, -0.25) is 14.9 Å². The Labute approximate surface area is 130 Å². The van der Waals surface area contributed by atoms with Crippen molar-refractivity contribution in [3.8, 4) is 0 Å². The number of nitrogens with zero attached hydrogens (tertiary/aromatic N) is 1. The molecule has 0 aliphatic carbocycles. The van der Waals surface area contributed by atoms with E-state index >= 15 is 0 Å². The lowest BCUT2D eigenvalue weighted by Gasteiger charge is -2.33. The Morgan fingerprint density at radius 2 is 2.00 bits per heavy atom. The smallest absolute Gasteiger partial charge is 0.273 e. The van der Waals surface area contributed by atoms with Gasteiger partial charge in [-0.25, -0.2) is 0 Å². The van der Waals surface area contributed by atoms with E-state index in [0.717, 1.165) is 0 Å². The zero-order valence-electron chi connectivity index (χ0n) is 12.5. The van der Waals surface area contributed by atoms with Crippen molar-refractivity contribution in [1.29, 1.82) is 0 Å². The lowest BCUT2D eigenvalue weighted by molar-refractivity contribution is -0.385. The fourth-order valence-electron chi connectivity index (χ4n) is 1.81. The van der Waals surface area contributed by atoms with Crippen molar-refractivity contribution in [3.05, 3.63) is 39.9 Å². The summed E-state index contributed by atoms with van der Waals surface area (Å²) in [5, 5.41) is 13.8. The molecule has 0 bridgehead atoms. The number of nitrogens with one attached hydrogen (secondary N) is 1. The van der Waals surface area contributed by atoms with Crippen LogP contribution in [0.25, 0.3) is 0 Å². The maximum Gasteiger partial charge on any atom is 0.273 e. The highest BCUT2D eigenvalue weighted by molar-refractivity contribution is 5.85. The number of rotatable bonds is 6. The number of hydrogen-bond donors (Lipinski definition) is 2. The molecule has 0 radical (unpaired) electrons. The molecule has 0 heterocycles. The van der Waals surface area contributed by atoms with Crippen molar-refractivity contribution in [1.82, 2.24) is 5.32 Å². The first-order valence-electron chi connectivity index (χ1n) is 6.53. The summed E-state index contributed by atoms with van der Waals surface area (Å²) in [7, 11) is 0. The van der Waals surface area contributed by atoms with Gasteiger partial charge in [0.15, 0.2) is 0 Å². The Bertz CT molecular complexity index is 508. The number of halogens is 1. The molecule has 0 saturated carbocycles. The first-order chi connectivity index (χ1) is 9.30. The number of benzene rings is 1. The second-order valence-corrected chi connectivity index (χ2v) is 5.39. The number of nitrogens with two attached hydrogens (primary N) is 1. The van der Waals surface area contributed by atoms with E-state index in [2.05, 4.69) is 5.32 Å². The summed E-state index contributed by atoms with van der Waals surface area (Å²) < 4.78 is 0. The van der Waals surface area contributed by atoms with Crippen LogP contribution in [0.5, 0.6) is 0 Å². The van der Waals surface area contributed by atoms with Crippen molar-refractivity contribution in [3.63, 3.8) is 0 Å². The Morgan fingerprint density at radius 3 is 2.48 bits per heavy atom. The fourth-order valence-corrected chi connectivity index (χ4v) is 1.81. The van der Waals surface area contributed by atoms with Gasteiger partial charge in [0.25, 0.3) is 5.69 Å². The average molecular weight is 316 g/mol. The Balaban J connectivity index is 0.00000400. The summed E-state index contributed by atoms with van der Waals surface area (Å²) in [4.78, 5) is 22.5. The second kappa shape index (κ2) is 7.95. The lowest BCUT2D eigenvalue weighted by atomic mass is 9.88. The summed E-state index contributed by atoms with van der Waals surface area (Å²) >= 11 is 0. The number of para-hydroxylation sites is 1. The summed E-state index contributed by atoms with van der Waals surface area (Å²) in [6.07, 6.45) is -0.0283. The third-order valence-electron chi connectivity index (χ3n) is 3.66. The van der Waals surface area contributed by atoms with Gasteiger partial charge in [0.05, 0.1) is 16.9 Å². The molecule has 1 aromatic rings. The van der Waals surface area contributed by atoms with Gasteiger partial charge < -0.3 is 11.1 Å². The normalized spacial score (nSPS) is 13.2. The Morgan fingerprint density at radius 1 is 1.43 bits per heavy atom. The summed E-state index contributed by atoms with van der Waals surface area (Å²) in [6, 6.07) is 6.25. The quantitative estimate of drug-likeness (QED) is 0.620. The minimum Gasteiger partial charge on any atom is -0.349 e. The van der Waals surface area contributed by atoms with Crippen LogP contribution >= 0.6 is 12.4 Å². The molecular weight excluding hydrogens is 294 g/mol. The summed E-state index contributed by atoms with van der Waals surface area (Å²) in [5.74, 6) is -0.0943. The van der Waals surface area contributed by atoms with E-state index in [1.807, 2.05) is 20.8 Å². The topological polar surface area (TPSA) is 98.3 Å². The van der Waals surface area contributed by atoms with Crippen molar-refractivity contribution in [2.24, 2.45) is 11.7 Å². The molecule has 6 nitrogen and oxygen atoms in total. The van der Waals surface area contributed by atoms with Crippen LogP contribution in [-0.2, 0) is 11.2 Å². The van der Waals surface area contributed by atoms with Crippen molar-refractivity contribution in [2.75, 3.05) is 6.54 Å². The molecule has 118 valence electrons. The molecule has 1 aromatic carbocycles. The molecule has 1 atom stereocenters. The molecule has 1 amide bonds. The van der Waals surface area contributed by atoms with Crippen LogP contribution in [-0.4, -0.2) is 22.9 Å². The molecule has 1 unspecified atom stereocenters. The molecule has 0 saturated heterocycles. The molecule has 0 aromatic heterocycles. The van der Waals surface area contributed by atoms with Crippen LogP contribution in [0.4, 0.5) is 5.69 Å². The zero-order valence-corrected chi connectivity index (χ0v) is 13.3. The van der Waals surface area contributed by atoms with E-state index in [1.54, 1.807) is 18.2 Å². The third-order valence-corrected chi connectivity index (χ3v) is 3.66. The second-order valence-electron chi connectivity index (χ2n) is 5.39. The predicted octanol–water partition coefficient (Wildman–Crippen LogP) is 2.05. The molecule has 1 rings (SSSR count). The van der Waals surface area contributed by atoms with Gasteiger partial charge in [-0.2, -0.15) is 0 Å². The maximum atomic E-state index is 12.1. The van der Waals surface area contributed by atoms with Crippen molar-refractivity contribution >= 4 is 24.0 Å². The molecule has 3 N–H and O–H groups in total. The predicted molar refractivity (Wildman–Crippen MR) is 84.5 cm³/mol. The number of hydrogen-bond acceptors (Lipinski definition) is 4. The lowest BCUT2D eigenvalue weighted by Crippen LogP contribution is -2.55. The van der Waals surface area contributed by atoms with Crippen molar-refractivity contribution < 1.29 is 9.72 Å². The third kappa shape index (κ3) is 4.99. The van der Waals surface area contributed by atoms with Crippen LogP contribution in [0, 0.1) is 16.0 Å². The van der Waals surface area contributed by atoms with Crippen LogP contribution in [0.2, 0.25) is 0 Å². The van der Waals surface area contributed by atoms with Gasteiger partial charge in [0.2, 0.25) is 5.91 Å². The number of carbonyl (C=O) groups is 1. The highest BCUT2D eigenvalue weighted by Gasteiger charge is 2.29. The molecule has 7 heteroatoms. The minimum atomic E-state index is -0.513. The number of carbonyl (C=O) groups excluding carboxylic acids is 1. The first kappa shape index (κ1) is 19.3. The van der Waals surface area contributed by atoms with Gasteiger partial charge in [0.1, 0.15) is 0 Å². The first-order valence-corrected chi connectivity index (χ1v) is 6.53. The molecule has 21 heavy (non-hydrogen) atoms. The van der Waals surface area contributed by atoms with E-state index in [-0.39, 0.29) is 36.3 Å². The van der Waals surface area contributed by atoms with E-state index in [0.29, 0.717) is 12.1 Å².